The molecule has 1 saturated heterocycles. The number of amides is 1. The molecular formula is C35H32N2O7S. The van der Waals surface area contributed by atoms with Crippen molar-refractivity contribution in [2.24, 2.45) is 0 Å². The maximum Gasteiger partial charge on any atom is 0.350 e. The molecule has 0 aliphatic carbocycles. The lowest BCUT2D eigenvalue weighted by Gasteiger charge is -2.23. The Morgan fingerprint density at radius 3 is 2.51 bits per heavy atom. The number of hydrogen-bond donors (Lipinski definition) is 1. The van der Waals surface area contributed by atoms with E-state index in [2.05, 4.69) is 18.5 Å². The monoisotopic (exact) mass is 624 g/mol. The summed E-state index contributed by atoms with van der Waals surface area (Å²) in [5, 5.41) is 11.7. The summed E-state index contributed by atoms with van der Waals surface area (Å²) in [7, 11) is 0. The molecule has 1 aromatic heterocycles. The van der Waals surface area contributed by atoms with E-state index in [1.807, 2.05) is 18.2 Å². The van der Waals surface area contributed by atoms with Crippen molar-refractivity contribution in [3.05, 3.63) is 119 Å². The number of esters is 1. The zero-order chi connectivity index (χ0) is 31.9. The van der Waals surface area contributed by atoms with Crippen molar-refractivity contribution in [1.29, 1.82) is 0 Å². The molecule has 0 spiro atoms. The molecule has 1 aliphatic heterocycles. The second-order valence-corrected chi connectivity index (χ2v) is 11.2. The zero-order valence-corrected chi connectivity index (χ0v) is 25.7. The van der Waals surface area contributed by atoms with E-state index >= 15 is 0 Å². The molecule has 1 atom stereocenters. The predicted octanol–water partition coefficient (Wildman–Crippen LogP) is 7.39. The molecule has 1 N–H and O–H groups in total. The third-order valence-corrected chi connectivity index (χ3v) is 8.12. The van der Waals surface area contributed by atoms with E-state index < -0.39 is 23.7 Å². The van der Waals surface area contributed by atoms with Gasteiger partial charge >= 0.3 is 11.9 Å². The lowest BCUT2D eigenvalue weighted by molar-refractivity contribution is -0.132. The first-order valence-electron chi connectivity index (χ1n) is 14.4. The molecule has 2 heterocycles. The highest BCUT2D eigenvalue weighted by Gasteiger charge is 2.48. The third-order valence-electron chi connectivity index (χ3n) is 6.98. The van der Waals surface area contributed by atoms with Gasteiger partial charge in [-0.25, -0.2) is 9.78 Å². The molecule has 4 aromatic rings. The second-order valence-electron chi connectivity index (χ2n) is 10.2. The van der Waals surface area contributed by atoms with E-state index in [-0.39, 0.29) is 27.9 Å². The van der Waals surface area contributed by atoms with Crippen LogP contribution in [0.4, 0.5) is 5.13 Å². The largest absolute Gasteiger partial charge is 0.507 e. The van der Waals surface area contributed by atoms with Crippen LogP contribution in [0.25, 0.3) is 5.76 Å². The zero-order valence-electron chi connectivity index (χ0n) is 24.9. The highest BCUT2D eigenvalue weighted by molar-refractivity contribution is 7.17. The number of thiazole rings is 1. The first-order valence-corrected chi connectivity index (χ1v) is 15.3. The van der Waals surface area contributed by atoms with E-state index in [9.17, 15) is 19.5 Å². The number of para-hydroxylation sites is 1. The summed E-state index contributed by atoms with van der Waals surface area (Å²) < 4.78 is 17.1. The minimum Gasteiger partial charge on any atom is -0.507 e. The van der Waals surface area contributed by atoms with Gasteiger partial charge in [-0.05, 0) is 55.3 Å². The summed E-state index contributed by atoms with van der Waals surface area (Å²) in [4.78, 5) is 46.0. The number of rotatable bonds is 12. The van der Waals surface area contributed by atoms with Gasteiger partial charge in [0.25, 0.3) is 5.78 Å². The molecule has 1 amide bonds. The minimum absolute atomic E-state index is 0.00541. The number of ketones is 1. The molecule has 0 bridgehead atoms. The fourth-order valence-corrected chi connectivity index (χ4v) is 5.80. The second kappa shape index (κ2) is 14.0. The summed E-state index contributed by atoms with van der Waals surface area (Å²) in [6, 6.07) is 21.8. The van der Waals surface area contributed by atoms with Gasteiger partial charge < -0.3 is 19.3 Å². The fourth-order valence-electron chi connectivity index (χ4n) is 4.82. The molecule has 3 aromatic carbocycles. The maximum atomic E-state index is 13.7. The molecule has 230 valence electrons. The van der Waals surface area contributed by atoms with Gasteiger partial charge in [-0.1, -0.05) is 79.8 Å². The third kappa shape index (κ3) is 6.81. The number of hydrogen-bond acceptors (Lipinski definition) is 9. The topological polar surface area (TPSA) is 115 Å². The van der Waals surface area contributed by atoms with Crippen molar-refractivity contribution < 1.29 is 33.7 Å². The average molecular weight is 625 g/mol. The number of unbranched alkanes of at least 4 members (excludes halogenated alkanes) is 1. The van der Waals surface area contributed by atoms with E-state index in [1.165, 1.54) is 11.0 Å². The fraction of sp³-hybridized carbons (Fsp3) is 0.200. The number of carbonyl (C=O) groups is 3. The van der Waals surface area contributed by atoms with Crippen LogP contribution in [0.3, 0.4) is 0 Å². The summed E-state index contributed by atoms with van der Waals surface area (Å²) >= 11 is 0.927. The van der Waals surface area contributed by atoms with E-state index in [0.29, 0.717) is 40.7 Å². The SMILES string of the molecule is C=CCOC(=O)c1sc(N2C(=O)C(=O)/C(=C(/O)c3cccc(OCCCC)c3)C2c2cccc(Oc3ccccc3)c2)nc1C. The lowest BCUT2D eigenvalue weighted by atomic mass is 9.95. The molecule has 45 heavy (non-hydrogen) atoms. The van der Waals surface area contributed by atoms with Crippen LogP contribution in [0.1, 0.15) is 52.3 Å². The Hall–Kier alpha value is -5.22. The molecule has 9 nitrogen and oxygen atoms in total. The highest BCUT2D eigenvalue weighted by atomic mass is 32.1. The minimum atomic E-state index is -1.09. The molecule has 5 rings (SSSR count). The number of benzene rings is 3. The van der Waals surface area contributed by atoms with Crippen molar-refractivity contribution >= 4 is 39.9 Å². The van der Waals surface area contributed by atoms with Crippen LogP contribution in [0, 0.1) is 6.92 Å². The van der Waals surface area contributed by atoms with Crippen molar-refractivity contribution in [1.82, 2.24) is 4.98 Å². The molecule has 0 saturated carbocycles. The number of aliphatic hydroxyl groups excluding tert-OH is 1. The summed E-state index contributed by atoms with van der Waals surface area (Å²) in [6.07, 6.45) is 3.27. The predicted molar refractivity (Wildman–Crippen MR) is 172 cm³/mol. The number of ether oxygens (including phenoxy) is 3. The van der Waals surface area contributed by atoms with E-state index in [4.69, 9.17) is 14.2 Å². The Morgan fingerprint density at radius 2 is 1.76 bits per heavy atom. The van der Waals surface area contributed by atoms with Gasteiger partial charge in [0.2, 0.25) is 0 Å². The summed E-state index contributed by atoms with van der Waals surface area (Å²) in [6.45, 7) is 7.74. The van der Waals surface area contributed by atoms with Crippen LogP contribution in [-0.2, 0) is 14.3 Å². The van der Waals surface area contributed by atoms with E-state index in [1.54, 1.807) is 67.6 Å². The van der Waals surface area contributed by atoms with Gasteiger partial charge in [0, 0.05) is 5.56 Å². The number of aryl methyl sites for hydroxylation is 1. The Bertz CT molecular complexity index is 1760. The highest BCUT2D eigenvalue weighted by Crippen LogP contribution is 2.45. The number of nitrogens with zero attached hydrogens (tertiary/aromatic N) is 2. The Labute approximate surface area is 265 Å². The van der Waals surface area contributed by atoms with Gasteiger partial charge in [-0.15, -0.1) is 0 Å². The van der Waals surface area contributed by atoms with Crippen LogP contribution in [-0.4, -0.2) is 41.0 Å². The van der Waals surface area contributed by atoms with Crippen molar-refractivity contribution in [2.75, 3.05) is 18.1 Å². The van der Waals surface area contributed by atoms with Crippen LogP contribution in [0.5, 0.6) is 17.2 Å². The standard InChI is InChI=1S/C35H32N2O7S/c1-4-6-19-42-26-16-11-13-24(21-26)30(38)28-29(23-12-10-17-27(20-23)44-25-14-8-7-9-15-25)37(33(40)31(28)39)35-36-22(3)32(45-35)34(41)43-18-5-2/h5,7-17,20-21,29,38H,2,4,6,18-19H2,1,3H3/b30-28+. The maximum absolute atomic E-state index is 13.7. The molecule has 1 aliphatic rings. The van der Waals surface area contributed by atoms with E-state index in [0.717, 1.165) is 24.2 Å². The van der Waals surface area contributed by atoms with Gasteiger partial charge in [-0.2, -0.15) is 0 Å². The number of carbonyl (C=O) groups excluding carboxylic acids is 3. The smallest absolute Gasteiger partial charge is 0.350 e. The molecule has 10 heteroatoms. The summed E-state index contributed by atoms with van der Waals surface area (Å²) in [5.41, 5.74) is 1.00. The van der Waals surface area contributed by atoms with Crippen molar-refractivity contribution in [3.63, 3.8) is 0 Å². The van der Waals surface area contributed by atoms with Crippen LogP contribution in [0.15, 0.2) is 97.1 Å². The Morgan fingerprint density at radius 1 is 1.02 bits per heavy atom. The van der Waals surface area contributed by atoms with Gasteiger partial charge in [0.15, 0.2) is 5.13 Å². The Balaban J connectivity index is 1.62. The van der Waals surface area contributed by atoms with Gasteiger partial charge in [0.1, 0.15) is 34.5 Å². The number of aromatic nitrogens is 1. The van der Waals surface area contributed by atoms with Crippen LogP contribution in [0.2, 0.25) is 0 Å². The first-order chi connectivity index (χ1) is 21.8. The molecule has 0 radical (unpaired) electrons. The summed E-state index contributed by atoms with van der Waals surface area (Å²) in [5.74, 6) is -1.20. The number of aliphatic hydroxyl groups is 1. The van der Waals surface area contributed by atoms with Crippen LogP contribution >= 0.6 is 11.3 Å². The van der Waals surface area contributed by atoms with Gasteiger partial charge in [0.05, 0.1) is 23.9 Å². The van der Waals surface area contributed by atoms with Crippen molar-refractivity contribution in [3.8, 4) is 17.2 Å². The van der Waals surface area contributed by atoms with Crippen LogP contribution < -0.4 is 14.4 Å². The normalized spacial score (nSPS) is 15.6. The van der Waals surface area contributed by atoms with Crippen molar-refractivity contribution in [2.45, 2.75) is 32.7 Å². The quantitative estimate of drug-likeness (QED) is 0.0433. The average Bonchev–Trinajstić information content (AvgIpc) is 3.56. The Kier molecular flexibility index (Phi) is 9.74. The molecule has 1 fully saturated rings. The molecule has 1 unspecified atom stereocenters. The number of Topliss-reactive ketones (excluding diaryl/α,β-unsaturated/α-hetero) is 1. The van der Waals surface area contributed by atoms with Gasteiger partial charge in [-0.3, -0.25) is 14.5 Å². The number of anilines is 1. The molecular weight excluding hydrogens is 592 g/mol. The lowest BCUT2D eigenvalue weighted by Crippen LogP contribution is -2.29. The first kappa shape index (κ1) is 31.2.